The summed E-state index contributed by atoms with van der Waals surface area (Å²) >= 11 is 0. The minimum Gasteiger partial charge on any atom is -0.401 e. The van der Waals surface area contributed by atoms with Gasteiger partial charge in [-0.25, -0.2) is 26.3 Å². The molecule has 3 heterocycles. The molecule has 4 aromatic carbocycles. The Labute approximate surface area is 325 Å². The number of nitrogens with one attached hydrogen (secondary N) is 1. The first-order chi connectivity index (χ1) is 26.6. The number of alkyl halides is 4. The molecular weight excluding hydrogens is 745 g/mol. The fourth-order valence-corrected chi connectivity index (χ4v) is 13.5. The van der Waals surface area contributed by atoms with Gasteiger partial charge in [0.25, 0.3) is 14.2 Å². The first-order valence-electron chi connectivity index (χ1n) is 19.2. The molecule has 1 fully saturated rings. The lowest BCUT2D eigenvalue weighted by molar-refractivity contribution is -0.0825. The van der Waals surface area contributed by atoms with E-state index in [1.807, 2.05) is 106 Å². The third kappa shape index (κ3) is 7.70. The Kier molecular flexibility index (Phi) is 11.3. The number of aliphatic hydroxyl groups is 1. The number of rotatable bonds is 13. The molecule has 2 aliphatic rings. The van der Waals surface area contributed by atoms with Gasteiger partial charge in [-0.2, -0.15) is 0 Å². The predicted molar refractivity (Wildman–Crippen MR) is 210 cm³/mol. The molecule has 2 N–H and O–H groups in total. The molecule has 0 radical (unpaired) electrons. The van der Waals surface area contributed by atoms with Crippen molar-refractivity contribution in [3.05, 3.63) is 131 Å². The van der Waals surface area contributed by atoms with Crippen LogP contribution in [0, 0.1) is 17.6 Å². The lowest BCUT2D eigenvalue weighted by atomic mass is 9.85. The summed E-state index contributed by atoms with van der Waals surface area (Å²) in [7, 11) is -3.34. The summed E-state index contributed by atoms with van der Waals surface area (Å²) < 4.78 is 98.8. The fourth-order valence-electron chi connectivity index (χ4n) is 8.93. The molecule has 7 rings (SSSR count). The Morgan fingerprint density at radius 2 is 1.45 bits per heavy atom. The van der Waals surface area contributed by atoms with Crippen LogP contribution in [-0.2, 0) is 10.8 Å². The van der Waals surface area contributed by atoms with E-state index >= 15 is 17.6 Å². The van der Waals surface area contributed by atoms with Gasteiger partial charge in [-0.15, -0.1) is 0 Å². The van der Waals surface area contributed by atoms with Crippen LogP contribution >= 0.6 is 0 Å². The number of aromatic amines is 1. The first kappa shape index (κ1) is 40.3. The minimum atomic E-state index is -3.45. The number of aliphatic hydroxyl groups excluding tert-OH is 1. The van der Waals surface area contributed by atoms with Gasteiger partial charge < -0.3 is 19.4 Å². The molecule has 2 aliphatic heterocycles. The molecule has 3 atom stereocenters. The van der Waals surface area contributed by atoms with Crippen LogP contribution in [-0.4, -0.2) is 79.4 Å². The molecule has 1 aromatic heterocycles. The van der Waals surface area contributed by atoms with Gasteiger partial charge in [-0.3, -0.25) is 4.90 Å². The van der Waals surface area contributed by atoms with E-state index in [-0.39, 0.29) is 18.5 Å². The molecule has 5 aromatic rings. The maximum Gasteiger partial charge on any atom is 0.282 e. The predicted octanol–water partition coefficient (Wildman–Crippen LogP) is 8.61. The Bertz CT molecular complexity index is 2060. The SMILES string of the molecule is C[C@@H]1Cc2c([nH]c3ccccc23)[C@@H](c2c(F)cc(C(O)C3CN(CCC(F)F)C3)cc2F)N1CC(F)(F)CO[Si](c1ccccc1)(c1ccccc1)C(C)(C)C. The second-order valence-electron chi connectivity index (χ2n) is 16.5. The monoisotopic (exact) mass is 793 g/mol. The minimum absolute atomic E-state index is 0.0126. The highest BCUT2D eigenvalue weighted by atomic mass is 28.4. The number of aromatic nitrogens is 1. The van der Waals surface area contributed by atoms with Crippen molar-refractivity contribution in [3.8, 4) is 0 Å². The Hall–Kier alpha value is -3.94. The quantitative estimate of drug-likeness (QED) is 0.0927. The summed E-state index contributed by atoms with van der Waals surface area (Å²) in [6.45, 7) is 6.87. The molecule has 0 spiro atoms. The number of H-pyrrole nitrogens is 1. The number of halogens is 6. The van der Waals surface area contributed by atoms with Gasteiger partial charge in [-0.05, 0) is 58.1 Å². The standard InChI is InChI=1S/C44H49F6N3O2Si/c1-28-21-34-33-17-11-12-18-37(33)51-40(34)41(39-35(45)22-29(23-36(39)46)42(54)30-24-52(25-30)20-19-38(47)48)53(28)26-44(49,50)27-55-56(43(2,3)4,31-13-7-5-8-14-31)32-15-9-6-10-16-32/h5-18,22-23,28,30,38,41-42,51,54H,19-21,24-27H2,1-4H3/t28-,41-,42?/m1/s1. The van der Waals surface area contributed by atoms with Crippen LogP contribution in [0.2, 0.25) is 5.04 Å². The van der Waals surface area contributed by atoms with Gasteiger partial charge >= 0.3 is 0 Å². The highest BCUT2D eigenvalue weighted by Gasteiger charge is 2.53. The third-order valence-electron chi connectivity index (χ3n) is 11.7. The Morgan fingerprint density at radius 3 is 2.02 bits per heavy atom. The summed E-state index contributed by atoms with van der Waals surface area (Å²) in [5.41, 5.74) is 1.59. The van der Waals surface area contributed by atoms with Gasteiger partial charge in [0.05, 0.1) is 25.3 Å². The van der Waals surface area contributed by atoms with Crippen molar-refractivity contribution in [2.45, 2.75) is 76.1 Å². The number of nitrogens with zero attached hydrogens (tertiary/aromatic N) is 2. The zero-order valence-corrected chi connectivity index (χ0v) is 33.1. The summed E-state index contributed by atoms with van der Waals surface area (Å²) in [4.78, 5) is 6.55. The summed E-state index contributed by atoms with van der Waals surface area (Å²) in [5, 5.41) is 13.1. The van der Waals surface area contributed by atoms with E-state index in [9.17, 15) is 13.9 Å². The van der Waals surface area contributed by atoms with E-state index in [1.165, 1.54) is 4.90 Å². The van der Waals surface area contributed by atoms with E-state index in [0.29, 0.717) is 25.2 Å². The molecule has 1 saturated heterocycles. The number of fused-ring (bicyclic) bond motifs is 3. The fraction of sp³-hybridized carbons (Fsp3) is 0.409. The second kappa shape index (κ2) is 15.8. The van der Waals surface area contributed by atoms with Gasteiger partial charge in [0, 0.05) is 60.2 Å². The highest BCUT2D eigenvalue weighted by Crippen LogP contribution is 2.45. The molecule has 0 saturated carbocycles. The molecular formula is C44H49F6N3O2Si. The second-order valence-corrected chi connectivity index (χ2v) is 20.8. The molecule has 0 bridgehead atoms. The van der Waals surface area contributed by atoms with Gasteiger partial charge in [0.1, 0.15) is 11.6 Å². The van der Waals surface area contributed by atoms with Gasteiger partial charge in [0.2, 0.25) is 6.43 Å². The van der Waals surface area contributed by atoms with Gasteiger partial charge in [0.15, 0.2) is 0 Å². The largest absolute Gasteiger partial charge is 0.401 e. The maximum atomic E-state index is 16.8. The van der Waals surface area contributed by atoms with Crippen molar-refractivity contribution < 1.29 is 35.9 Å². The number of para-hydroxylation sites is 1. The van der Waals surface area contributed by atoms with Crippen molar-refractivity contribution in [1.29, 1.82) is 0 Å². The highest BCUT2D eigenvalue weighted by molar-refractivity contribution is 6.99. The molecule has 1 unspecified atom stereocenters. The zero-order chi connectivity index (χ0) is 40.0. The van der Waals surface area contributed by atoms with Crippen LogP contribution in [0.1, 0.15) is 68.6 Å². The third-order valence-corrected chi connectivity index (χ3v) is 16.6. The van der Waals surface area contributed by atoms with Crippen LogP contribution in [0.3, 0.4) is 0 Å². The number of hydrogen-bond donors (Lipinski definition) is 2. The van der Waals surface area contributed by atoms with Crippen molar-refractivity contribution in [1.82, 2.24) is 14.8 Å². The molecule has 56 heavy (non-hydrogen) atoms. The average molecular weight is 794 g/mol. The number of hydrogen-bond acceptors (Lipinski definition) is 4. The number of likely N-dealkylation sites (tertiary alicyclic amines) is 1. The molecule has 298 valence electrons. The van der Waals surface area contributed by atoms with Crippen LogP contribution in [0.15, 0.2) is 97.1 Å². The van der Waals surface area contributed by atoms with Crippen LogP contribution < -0.4 is 10.4 Å². The van der Waals surface area contributed by atoms with E-state index in [1.54, 1.807) is 11.8 Å². The smallest absolute Gasteiger partial charge is 0.282 e. The molecule has 12 heteroatoms. The Morgan fingerprint density at radius 1 is 0.875 bits per heavy atom. The molecule has 5 nitrogen and oxygen atoms in total. The summed E-state index contributed by atoms with van der Waals surface area (Å²) in [5.74, 6) is -5.77. The number of benzene rings is 4. The zero-order valence-electron chi connectivity index (χ0n) is 32.1. The normalized spacial score (nSPS) is 19.4. The van der Waals surface area contributed by atoms with E-state index in [0.717, 1.165) is 39.0 Å². The average Bonchev–Trinajstić information content (AvgIpc) is 3.50. The van der Waals surface area contributed by atoms with Crippen LogP contribution in [0.4, 0.5) is 26.3 Å². The lowest BCUT2D eigenvalue weighted by Crippen LogP contribution is -2.67. The molecule has 0 amide bonds. The summed E-state index contributed by atoms with van der Waals surface area (Å²) in [6.07, 6.45) is -3.60. The first-order valence-corrected chi connectivity index (χ1v) is 21.2. The van der Waals surface area contributed by atoms with Crippen molar-refractivity contribution >= 4 is 29.6 Å². The van der Waals surface area contributed by atoms with E-state index in [2.05, 4.69) is 4.98 Å². The van der Waals surface area contributed by atoms with Crippen molar-refractivity contribution in [2.24, 2.45) is 5.92 Å². The van der Waals surface area contributed by atoms with Gasteiger partial charge in [-0.1, -0.05) is 99.6 Å². The van der Waals surface area contributed by atoms with Crippen molar-refractivity contribution in [3.63, 3.8) is 0 Å². The Balaban J connectivity index is 1.23. The van der Waals surface area contributed by atoms with Crippen molar-refractivity contribution in [2.75, 3.05) is 32.8 Å². The van der Waals surface area contributed by atoms with Crippen LogP contribution in [0.25, 0.3) is 10.9 Å². The lowest BCUT2D eigenvalue weighted by Gasteiger charge is -2.45. The van der Waals surface area contributed by atoms with E-state index in [4.69, 9.17) is 4.43 Å². The maximum absolute atomic E-state index is 16.8. The van der Waals surface area contributed by atoms with Crippen LogP contribution in [0.5, 0.6) is 0 Å². The summed E-state index contributed by atoms with van der Waals surface area (Å²) in [6, 6.07) is 26.9. The topological polar surface area (TPSA) is 51.7 Å². The van der Waals surface area contributed by atoms with E-state index < -0.39 is 80.2 Å². The molecule has 0 aliphatic carbocycles.